The van der Waals surface area contributed by atoms with Crippen LogP contribution < -0.4 is 0 Å². The molecule has 0 aliphatic heterocycles. The number of pyridine rings is 1. The summed E-state index contributed by atoms with van der Waals surface area (Å²) in [4.78, 5) is 15.0. The number of para-hydroxylation sites is 1. The highest BCUT2D eigenvalue weighted by Gasteiger charge is 2.25. The van der Waals surface area contributed by atoms with Crippen LogP contribution in [0.1, 0.15) is 19.4 Å². The normalized spacial score (nSPS) is 13.1. The number of hydroxylamine groups is 2. The average Bonchev–Trinajstić information content (AvgIpc) is 2.57. The molecule has 1 N–H and O–H groups in total. The molecule has 0 aliphatic rings. The smallest absolute Gasteiger partial charge is 0.233 e. The molecule has 2 aromatic rings. The highest BCUT2D eigenvalue weighted by Crippen LogP contribution is 2.16. The van der Waals surface area contributed by atoms with Crippen LogP contribution >= 0.6 is 0 Å². The Morgan fingerprint density at radius 3 is 2.72 bits per heavy atom. The van der Waals surface area contributed by atoms with E-state index in [1.54, 1.807) is 19.9 Å². The second-order valence-electron chi connectivity index (χ2n) is 6.11. The van der Waals surface area contributed by atoms with E-state index in [0.717, 1.165) is 10.9 Å². The van der Waals surface area contributed by atoms with Crippen LogP contribution in [0, 0.1) is 0 Å². The van der Waals surface area contributed by atoms with Crippen molar-refractivity contribution in [3.63, 3.8) is 0 Å². The zero-order valence-electron chi connectivity index (χ0n) is 14.2. The van der Waals surface area contributed by atoms with Gasteiger partial charge in [-0.2, -0.15) is 0 Å². The number of hydrogen-bond acceptors (Lipinski definition) is 6. The number of nitrogens with zero attached hydrogens (tertiary/aromatic N) is 2. The third-order valence-electron chi connectivity index (χ3n) is 3.58. The standard InChI is InChI=1S/C17H22N2O5S/c1-13(2)24-9-16(19(21)12-20)11-25(22,23)10-14-7-15-5-3-4-6-17(15)18-8-14/h3-8,12-13,16,21H,9-11H2,1-2H3. The Hall–Kier alpha value is -2.03. The first-order valence-electron chi connectivity index (χ1n) is 7.89. The van der Waals surface area contributed by atoms with E-state index >= 15 is 0 Å². The van der Waals surface area contributed by atoms with Gasteiger partial charge < -0.3 is 4.74 Å². The van der Waals surface area contributed by atoms with Crippen molar-refractivity contribution in [3.05, 3.63) is 42.1 Å². The number of hydrogen-bond donors (Lipinski definition) is 1. The minimum atomic E-state index is -3.59. The lowest BCUT2D eigenvalue weighted by molar-refractivity contribution is -0.164. The quantitative estimate of drug-likeness (QED) is 0.413. The third-order valence-corrected chi connectivity index (χ3v) is 5.25. The van der Waals surface area contributed by atoms with Gasteiger partial charge in [0.05, 0.1) is 35.8 Å². The Labute approximate surface area is 147 Å². The fourth-order valence-corrected chi connectivity index (χ4v) is 4.01. The van der Waals surface area contributed by atoms with Gasteiger partial charge in [-0.05, 0) is 31.5 Å². The largest absolute Gasteiger partial charge is 0.377 e. The van der Waals surface area contributed by atoms with E-state index in [0.29, 0.717) is 10.6 Å². The SMILES string of the molecule is CC(C)OCC(CS(=O)(=O)Cc1cnc2ccccc2c1)N(O)C=O. The van der Waals surface area contributed by atoms with Crippen LogP contribution in [0.15, 0.2) is 36.5 Å². The van der Waals surface area contributed by atoms with Gasteiger partial charge in [0.25, 0.3) is 0 Å². The minimum Gasteiger partial charge on any atom is -0.377 e. The van der Waals surface area contributed by atoms with Crippen molar-refractivity contribution >= 4 is 27.2 Å². The highest BCUT2D eigenvalue weighted by atomic mass is 32.2. The summed E-state index contributed by atoms with van der Waals surface area (Å²) in [5, 5.41) is 10.8. The molecule has 0 spiro atoms. The van der Waals surface area contributed by atoms with Gasteiger partial charge >= 0.3 is 0 Å². The summed E-state index contributed by atoms with van der Waals surface area (Å²) in [6, 6.07) is 8.24. The summed E-state index contributed by atoms with van der Waals surface area (Å²) >= 11 is 0. The molecule has 1 heterocycles. The number of benzene rings is 1. The van der Waals surface area contributed by atoms with Crippen LogP contribution in [-0.4, -0.2) is 54.6 Å². The molecule has 2 rings (SSSR count). The van der Waals surface area contributed by atoms with Crippen LogP contribution in [0.2, 0.25) is 0 Å². The number of amides is 1. The van der Waals surface area contributed by atoms with Gasteiger partial charge in [0, 0.05) is 11.6 Å². The molecule has 0 aliphatic carbocycles. The van der Waals surface area contributed by atoms with E-state index in [2.05, 4.69) is 4.98 Å². The van der Waals surface area contributed by atoms with Crippen molar-refractivity contribution in [2.45, 2.75) is 31.7 Å². The number of fused-ring (bicyclic) bond motifs is 1. The average molecular weight is 366 g/mol. The number of ether oxygens (including phenoxy) is 1. The number of carbonyl (C=O) groups excluding carboxylic acids is 1. The zero-order valence-corrected chi connectivity index (χ0v) is 15.0. The molecule has 0 radical (unpaired) electrons. The van der Waals surface area contributed by atoms with Gasteiger partial charge in [-0.3, -0.25) is 15.0 Å². The first kappa shape index (κ1) is 19.3. The lowest BCUT2D eigenvalue weighted by Crippen LogP contribution is -2.41. The van der Waals surface area contributed by atoms with Crippen molar-refractivity contribution in [2.75, 3.05) is 12.4 Å². The van der Waals surface area contributed by atoms with Gasteiger partial charge in [0.1, 0.15) is 0 Å². The molecule has 25 heavy (non-hydrogen) atoms. The van der Waals surface area contributed by atoms with E-state index in [4.69, 9.17) is 4.74 Å². The molecule has 1 unspecified atom stereocenters. The summed E-state index contributed by atoms with van der Waals surface area (Å²) in [6.45, 7) is 3.51. The molecular formula is C17H22N2O5S. The number of carbonyl (C=O) groups is 1. The van der Waals surface area contributed by atoms with E-state index in [1.165, 1.54) is 6.20 Å². The molecule has 1 atom stereocenters. The van der Waals surface area contributed by atoms with Gasteiger partial charge in [-0.25, -0.2) is 13.5 Å². The lowest BCUT2D eigenvalue weighted by Gasteiger charge is -2.23. The van der Waals surface area contributed by atoms with Crippen LogP contribution in [0.5, 0.6) is 0 Å². The number of aromatic nitrogens is 1. The Kier molecular flexibility index (Phi) is 6.46. The van der Waals surface area contributed by atoms with Crippen molar-refractivity contribution in [1.29, 1.82) is 0 Å². The first-order chi connectivity index (χ1) is 11.8. The molecule has 1 aromatic carbocycles. The van der Waals surface area contributed by atoms with Crippen molar-refractivity contribution in [1.82, 2.24) is 10.0 Å². The number of sulfone groups is 1. The van der Waals surface area contributed by atoms with Gasteiger partial charge in [-0.15, -0.1) is 0 Å². The molecule has 7 nitrogen and oxygen atoms in total. The van der Waals surface area contributed by atoms with E-state index < -0.39 is 21.6 Å². The molecular weight excluding hydrogens is 344 g/mol. The fraction of sp³-hybridized carbons (Fsp3) is 0.412. The maximum Gasteiger partial charge on any atom is 0.233 e. The topological polar surface area (TPSA) is 96.8 Å². The third kappa shape index (κ3) is 5.77. The summed E-state index contributed by atoms with van der Waals surface area (Å²) in [5.41, 5.74) is 1.34. The summed E-state index contributed by atoms with van der Waals surface area (Å²) in [7, 11) is -3.59. The van der Waals surface area contributed by atoms with Crippen LogP contribution in [0.25, 0.3) is 10.9 Å². The van der Waals surface area contributed by atoms with Crippen LogP contribution in [-0.2, 0) is 25.1 Å². The minimum absolute atomic E-state index is 0.0674. The van der Waals surface area contributed by atoms with E-state index in [-0.39, 0.29) is 24.9 Å². The van der Waals surface area contributed by atoms with Crippen molar-refractivity contribution in [3.8, 4) is 0 Å². The summed E-state index contributed by atoms with van der Waals surface area (Å²) in [5.74, 6) is -0.627. The molecule has 1 aromatic heterocycles. The second kappa shape index (κ2) is 8.37. The Morgan fingerprint density at radius 2 is 2.04 bits per heavy atom. The van der Waals surface area contributed by atoms with Crippen molar-refractivity contribution in [2.24, 2.45) is 0 Å². The zero-order chi connectivity index (χ0) is 18.4. The van der Waals surface area contributed by atoms with E-state index in [1.807, 2.05) is 24.3 Å². The predicted molar refractivity (Wildman–Crippen MR) is 93.8 cm³/mol. The molecule has 136 valence electrons. The first-order valence-corrected chi connectivity index (χ1v) is 9.71. The molecule has 8 heteroatoms. The maximum atomic E-state index is 12.5. The molecule has 0 saturated carbocycles. The lowest BCUT2D eigenvalue weighted by atomic mass is 10.2. The van der Waals surface area contributed by atoms with Gasteiger partial charge in [0.2, 0.25) is 6.41 Å². The number of rotatable bonds is 9. The second-order valence-corrected chi connectivity index (χ2v) is 8.22. The van der Waals surface area contributed by atoms with Gasteiger partial charge in [0.15, 0.2) is 9.84 Å². The molecule has 1 amide bonds. The van der Waals surface area contributed by atoms with Gasteiger partial charge in [-0.1, -0.05) is 18.2 Å². The summed E-state index contributed by atoms with van der Waals surface area (Å²) < 4.78 is 30.3. The fourth-order valence-electron chi connectivity index (χ4n) is 2.39. The monoisotopic (exact) mass is 366 g/mol. The Bertz CT molecular complexity index is 823. The summed E-state index contributed by atoms with van der Waals surface area (Å²) in [6.07, 6.45) is 1.56. The molecule has 0 fully saturated rings. The van der Waals surface area contributed by atoms with E-state index in [9.17, 15) is 18.4 Å². The Morgan fingerprint density at radius 1 is 1.32 bits per heavy atom. The van der Waals surface area contributed by atoms with Crippen LogP contribution in [0.3, 0.4) is 0 Å². The molecule has 0 saturated heterocycles. The van der Waals surface area contributed by atoms with Crippen LogP contribution in [0.4, 0.5) is 0 Å². The van der Waals surface area contributed by atoms with Crippen molar-refractivity contribution < 1.29 is 23.2 Å². The highest BCUT2D eigenvalue weighted by molar-refractivity contribution is 7.90. The Balaban J connectivity index is 2.13. The predicted octanol–water partition coefficient (Wildman–Crippen LogP) is 1.79. The molecule has 0 bridgehead atoms. The maximum absolute atomic E-state index is 12.5.